The summed E-state index contributed by atoms with van der Waals surface area (Å²) >= 11 is 0. The average molecular weight is 278 g/mol. The molecule has 19 heavy (non-hydrogen) atoms. The molecule has 0 spiro atoms. The van der Waals surface area contributed by atoms with Crippen molar-refractivity contribution >= 4 is 15.5 Å². The Bertz CT molecular complexity index is 650. The van der Waals surface area contributed by atoms with Crippen LogP contribution >= 0.6 is 0 Å². The molecule has 1 unspecified atom stereocenters. The fraction of sp³-hybridized carbons (Fsp3) is 0.333. The molecule has 2 aromatic rings. The van der Waals surface area contributed by atoms with E-state index in [4.69, 9.17) is 0 Å². The summed E-state index contributed by atoms with van der Waals surface area (Å²) in [5.41, 5.74) is 1.84. The van der Waals surface area contributed by atoms with Crippen molar-refractivity contribution in [2.24, 2.45) is 0 Å². The van der Waals surface area contributed by atoms with Gasteiger partial charge in [-0.1, -0.05) is 0 Å². The van der Waals surface area contributed by atoms with Crippen LogP contribution in [0.4, 0.5) is 5.69 Å². The lowest BCUT2D eigenvalue weighted by atomic mass is 10.2. The fourth-order valence-electron chi connectivity index (χ4n) is 2.20. The normalized spacial score (nSPS) is 21.4. The van der Waals surface area contributed by atoms with Crippen LogP contribution in [0.3, 0.4) is 0 Å². The summed E-state index contributed by atoms with van der Waals surface area (Å²) in [4.78, 5) is 3.89. The highest BCUT2D eigenvalue weighted by atomic mass is 32.2. The molecule has 0 saturated carbocycles. The maximum Gasteiger partial charge on any atom is 0.152 e. The van der Waals surface area contributed by atoms with E-state index in [-0.39, 0.29) is 17.5 Å². The molecule has 1 saturated heterocycles. The smallest absolute Gasteiger partial charge is 0.152 e. The summed E-state index contributed by atoms with van der Waals surface area (Å²) in [7, 11) is -2.84. The maximum absolute atomic E-state index is 11.4. The van der Waals surface area contributed by atoms with Gasteiger partial charge in [0.25, 0.3) is 0 Å². The van der Waals surface area contributed by atoms with E-state index < -0.39 is 9.84 Å². The Kier molecular flexibility index (Phi) is 2.98. The minimum absolute atomic E-state index is 0.0159. The van der Waals surface area contributed by atoms with E-state index >= 15 is 0 Å². The topological polar surface area (TPSA) is 76.9 Å². The van der Waals surface area contributed by atoms with Crippen LogP contribution in [0.2, 0.25) is 0 Å². The largest absolute Gasteiger partial charge is 0.381 e. The summed E-state index contributed by atoms with van der Waals surface area (Å²) in [6.45, 7) is 0. The van der Waals surface area contributed by atoms with E-state index in [2.05, 4.69) is 15.4 Å². The highest BCUT2D eigenvalue weighted by molar-refractivity contribution is 7.91. The lowest BCUT2D eigenvalue weighted by molar-refractivity contribution is 0.602. The van der Waals surface area contributed by atoms with Crippen molar-refractivity contribution in [2.75, 3.05) is 16.8 Å². The first-order valence-electron chi connectivity index (χ1n) is 6.04. The molecule has 0 bridgehead atoms. The molecular weight excluding hydrogens is 264 g/mol. The molecule has 1 aromatic carbocycles. The number of hydrogen-bond donors (Lipinski definition) is 1. The second-order valence-electron chi connectivity index (χ2n) is 4.63. The Morgan fingerprint density at radius 3 is 2.63 bits per heavy atom. The van der Waals surface area contributed by atoms with Gasteiger partial charge in [0.2, 0.25) is 0 Å². The summed E-state index contributed by atoms with van der Waals surface area (Å²) < 4.78 is 24.4. The van der Waals surface area contributed by atoms with Gasteiger partial charge < -0.3 is 5.32 Å². The average Bonchev–Trinajstić information content (AvgIpc) is 3.00. The molecule has 1 fully saturated rings. The molecule has 0 radical (unpaired) electrons. The third-order valence-corrected chi connectivity index (χ3v) is 4.92. The lowest BCUT2D eigenvalue weighted by Crippen LogP contribution is -2.20. The van der Waals surface area contributed by atoms with Gasteiger partial charge in [0.1, 0.15) is 12.7 Å². The molecule has 100 valence electrons. The quantitative estimate of drug-likeness (QED) is 0.901. The predicted molar refractivity (Wildman–Crippen MR) is 72.0 cm³/mol. The molecule has 0 aliphatic carbocycles. The number of sulfone groups is 1. The Balaban J connectivity index is 1.70. The third-order valence-electron chi connectivity index (χ3n) is 3.15. The van der Waals surface area contributed by atoms with Crippen LogP contribution in [0.25, 0.3) is 5.69 Å². The van der Waals surface area contributed by atoms with Crippen molar-refractivity contribution in [3.8, 4) is 5.69 Å². The molecule has 7 heteroatoms. The monoisotopic (exact) mass is 278 g/mol. The van der Waals surface area contributed by atoms with E-state index in [0.29, 0.717) is 6.42 Å². The first kappa shape index (κ1) is 12.2. The van der Waals surface area contributed by atoms with Crippen molar-refractivity contribution in [3.05, 3.63) is 36.9 Å². The molecule has 1 aromatic heterocycles. The predicted octanol–water partition coefficient (Wildman–Crippen LogP) is 0.866. The van der Waals surface area contributed by atoms with Crippen molar-refractivity contribution in [1.82, 2.24) is 14.8 Å². The van der Waals surface area contributed by atoms with Gasteiger partial charge >= 0.3 is 0 Å². The minimum Gasteiger partial charge on any atom is -0.381 e. The molecule has 3 rings (SSSR count). The van der Waals surface area contributed by atoms with Crippen molar-refractivity contribution in [1.29, 1.82) is 0 Å². The molecule has 1 aliphatic heterocycles. The first-order chi connectivity index (χ1) is 9.12. The SMILES string of the molecule is O=S1(=O)CCC(Nc2ccc(-n3cncn3)cc2)C1. The zero-order valence-corrected chi connectivity index (χ0v) is 11.0. The Morgan fingerprint density at radius 2 is 2.05 bits per heavy atom. The van der Waals surface area contributed by atoms with Crippen LogP contribution in [0.15, 0.2) is 36.9 Å². The second kappa shape index (κ2) is 4.65. The summed E-state index contributed by atoms with van der Waals surface area (Å²) in [5.74, 6) is 0.500. The van der Waals surface area contributed by atoms with Crippen LogP contribution in [0, 0.1) is 0 Å². The highest BCUT2D eigenvalue weighted by Gasteiger charge is 2.27. The van der Waals surface area contributed by atoms with E-state index in [1.807, 2.05) is 24.3 Å². The van der Waals surface area contributed by atoms with Crippen molar-refractivity contribution in [3.63, 3.8) is 0 Å². The van der Waals surface area contributed by atoms with Crippen LogP contribution in [0.1, 0.15) is 6.42 Å². The fourth-order valence-corrected chi connectivity index (χ4v) is 3.87. The first-order valence-corrected chi connectivity index (χ1v) is 7.86. The number of anilines is 1. The molecule has 0 amide bonds. The van der Waals surface area contributed by atoms with Gasteiger partial charge in [-0.3, -0.25) is 0 Å². The van der Waals surface area contributed by atoms with Crippen LogP contribution in [0.5, 0.6) is 0 Å². The van der Waals surface area contributed by atoms with Crippen LogP contribution < -0.4 is 5.32 Å². The van der Waals surface area contributed by atoms with Gasteiger partial charge in [0, 0.05) is 11.7 Å². The van der Waals surface area contributed by atoms with Gasteiger partial charge in [-0.2, -0.15) is 5.10 Å². The number of benzene rings is 1. The number of nitrogens with one attached hydrogen (secondary N) is 1. The number of rotatable bonds is 3. The van der Waals surface area contributed by atoms with Gasteiger partial charge in [-0.15, -0.1) is 0 Å². The van der Waals surface area contributed by atoms with E-state index in [9.17, 15) is 8.42 Å². The number of aromatic nitrogens is 3. The van der Waals surface area contributed by atoms with Gasteiger partial charge in [0.15, 0.2) is 9.84 Å². The van der Waals surface area contributed by atoms with E-state index in [1.54, 1.807) is 11.0 Å². The summed E-state index contributed by atoms with van der Waals surface area (Å²) in [6, 6.07) is 7.69. The van der Waals surface area contributed by atoms with E-state index in [0.717, 1.165) is 11.4 Å². The molecule has 1 aliphatic rings. The number of hydrogen-bond acceptors (Lipinski definition) is 5. The lowest BCUT2D eigenvalue weighted by Gasteiger charge is -2.12. The second-order valence-corrected chi connectivity index (χ2v) is 6.86. The molecule has 2 heterocycles. The molecule has 6 nitrogen and oxygen atoms in total. The molecule has 1 atom stereocenters. The maximum atomic E-state index is 11.4. The van der Waals surface area contributed by atoms with Gasteiger partial charge in [-0.05, 0) is 30.7 Å². The third kappa shape index (κ3) is 2.76. The van der Waals surface area contributed by atoms with Gasteiger partial charge in [-0.25, -0.2) is 18.1 Å². The number of nitrogens with zero attached hydrogens (tertiary/aromatic N) is 3. The van der Waals surface area contributed by atoms with Crippen molar-refractivity contribution < 1.29 is 8.42 Å². The standard InChI is InChI=1S/C12H14N4O2S/c17-19(18)6-5-11(7-19)15-10-1-3-12(4-2-10)16-9-13-8-14-16/h1-4,8-9,11,15H,5-7H2. The summed E-state index contributed by atoms with van der Waals surface area (Å²) in [6.07, 6.45) is 3.79. The Morgan fingerprint density at radius 1 is 1.26 bits per heavy atom. The van der Waals surface area contributed by atoms with Crippen LogP contribution in [-0.2, 0) is 9.84 Å². The Labute approximate surface area is 111 Å². The van der Waals surface area contributed by atoms with Crippen LogP contribution in [-0.4, -0.2) is 40.7 Å². The van der Waals surface area contributed by atoms with Crippen molar-refractivity contribution in [2.45, 2.75) is 12.5 Å². The molecular formula is C12H14N4O2S. The summed E-state index contributed by atoms with van der Waals surface area (Å²) in [5, 5.41) is 7.29. The van der Waals surface area contributed by atoms with E-state index in [1.165, 1.54) is 6.33 Å². The highest BCUT2D eigenvalue weighted by Crippen LogP contribution is 2.18. The Hall–Kier alpha value is -1.89. The zero-order chi connectivity index (χ0) is 13.3. The minimum atomic E-state index is -2.84. The van der Waals surface area contributed by atoms with Gasteiger partial charge in [0.05, 0.1) is 17.2 Å². The molecule has 1 N–H and O–H groups in total. The zero-order valence-electron chi connectivity index (χ0n) is 10.2.